The van der Waals surface area contributed by atoms with Crippen LogP contribution in [0.25, 0.3) is 0 Å². The highest BCUT2D eigenvalue weighted by Gasteiger charge is 2.16. The van der Waals surface area contributed by atoms with Gasteiger partial charge in [-0.05, 0) is 54.6 Å². The van der Waals surface area contributed by atoms with Gasteiger partial charge in [0, 0.05) is 30.4 Å². The van der Waals surface area contributed by atoms with E-state index in [4.69, 9.17) is 4.74 Å². The number of carbonyl (C=O) groups is 1. The van der Waals surface area contributed by atoms with Crippen LogP contribution >= 0.6 is 0 Å². The van der Waals surface area contributed by atoms with Gasteiger partial charge in [0.05, 0.1) is 12.0 Å². The standard InChI is InChI=1S/C22H21FN2O4S/c1-25(15-17-5-3-4-6-21(17)23)22(26)16-7-9-18(10-8-16)24-30(27,28)20-13-11-19(29-2)12-14-20/h3-14,24H,15H2,1-2H3. The minimum absolute atomic E-state index is 0.0908. The molecule has 0 saturated carbocycles. The van der Waals surface area contributed by atoms with Gasteiger partial charge in [0.25, 0.3) is 15.9 Å². The average molecular weight is 428 g/mol. The van der Waals surface area contributed by atoms with Crippen LogP contribution in [0.1, 0.15) is 15.9 Å². The molecule has 0 aliphatic heterocycles. The van der Waals surface area contributed by atoms with Crippen molar-refractivity contribution < 1.29 is 22.3 Å². The molecule has 6 nitrogen and oxygen atoms in total. The second-order valence-electron chi connectivity index (χ2n) is 6.61. The van der Waals surface area contributed by atoms with Crippen LogP contribution in [0.5, 0.6) is 5.75 Å². The fourth-order valence-corrected chi connectivity index (χ4v) is 3.88. The summed E-state index contributed by atoms with van der Waals surface area (Å²) in [6.45, 7) is 0.122. The summed E-state index contributed by atoms with van der Waals surface area (Å²) in [6, 6.07) is 18.3. The van der Waals surface area contributed by atoms with Crippen molar-refractivity contribution in [1.82, 2.24) is 4.90 Å². The van der Waals surface area contributed by atoms with Crippen LogP contribution in [0.4, 0.5) is 10.1 Å². The smallest absolute Gasteiger partial charge is 0.261 e. The lowest BCUT2D eigenvalue weighted by atomic mass is 10.1. The molecule has 156 valence electrons. The lowest BCUT2D eigenvalue weighted by Gasteiger charge is -2.18. The van der Waals surface area contributed by atoms with E-state index in [1.807, 2.05) is 0 Å². The Kier molecular flexibility index (Phi) is 6.37. The Bertz CT molecular complexity index is 1130. The molecule has 3 aromatic rings. The first-order valence-corrected chi connectivity index (χ1v) is 10.5. The molecule has 0 unspecified atom stereocenters. The van der Waals surface area contributed by atoms with Gasteiger partial charge in [0.2, 0.25) is 0 Å². The highest BCUT2D eigenvalue weighted by atomic mass is 32.2. The maximum atomic E-state index is 13.8. The number of ether oxygens (including phenoxy) is 1. The molecule has 0 aromatic heterocycles. The van der Waals surface area contributed by atoms with Gasteiger partial charge in [-0.3, -0.25) is 9.52 Å². The Labute approximate surface area is 175 Å². The van der Waals surface area contributed by atoms with Gasteiger partial charge >= 0.3 is 0 Å². The number of carbonyl (C=O) groups excluding carboxylic acids is 1. The number of halogens is 1. The molecule has 30 heavy (non-hydrogen) atoms. The van der Waals surface area contributed by atoms with E-state index in [-0.39, 0.29) is 23.2 Å². The van der Waals surface area contributed by atoms with E-state index in [1.165, 1.54) is 54.5 Å². The van der Waals surface area contributed by atoms with Crippen LogP contribution in [0.3, 0.4) is 0 Å². The van der Waals surface area contributed by atoms with Gasteiger partial charge in [0.15, 0.2) is 0 Å². The van der Waals surface area contributed by atoms with Crippen LogP contribution in [-0.4, -0.2) is 33.4 Å². The Balaban J connectivity index is 1.69. The summed E-state index contributed by atoms with van der Waals surface area (Å²) in [5.74, 6) is -0.125. The van der Waals surface area contributed by atoms with E-state index < -0.39 is 10.0 Å². The second-order valence-corrected chi connectivity index (χ2v) is 8.29. The number of hydrogen-bond donors (Lipinski definition) is 1. The number of methoxy groups -OCH3 is 1. The summed E-state index contributed by atoms with van der Waals surface area (Å²) in [5, 5.41) is 0. The molecule has 3 aromatic carbocycles. The Morgan fingerprint density at radius 3 is 2.23 bits per heavy atom. The summed E-state index contributed by atoms with van der Waals surface area (Å²) in [7, 11) is -0.699. The van der Waals surface area contributed by atoms with E-state index in [9.17, 15) is 17.6 Å². The maximum absolute atomic E-state index is 13.8. The molecule has 0 radical (unpaired) electrons. The van der Waals surface area contributed by atoms with Gasteiger partial charge in [-0.15, -0.1) is 0 Å². The summed E-state index contributed by atoms with van der Waals surface area (Å²) in [5.41, 5.74) is 1.09. The maximum Gasteiger partial charge on any atom is 0.261 e. The fraction of sp³-hybridized carbons (Fsp3) is 0.136. The first-order valence-electron chi connectivity index (χ1n) is 9.06. The summed E-state index contributed by atoms with van der Waals surface area (Å²) in [4.78, 5) is 14.1. The third-order valence-electron chi connectivity index (χ3n) is 4.47. The Hall–Kier alpha value is -3.39. The molecule has 3 rings (SSSR count). The normalized spacial score (nSPS) is 11.0. The lowest BCUT2D eigenvalue weighted by Crippen LogP contribution is -2.26. The highest BCUT2D eigenvalue weighted by molar-refractivity contribution is 7.92. The van der Waals surface area contributed by atoms with Crippen LogP contribution in [0.2, 0.25) is 0 Å². The molecular formula is C22H21FN2O4S. The van der Waals surface area contributed by atoms with Crippen molar-refractivity contribution >= 4 is 21.6 Å². The topological polar surface area (TPSA) is 75.7 Å². The van der Waals surface area contributed by atoms with Crippen LogP contribution in [-0.2, 0) is 16.6 Å². The number of anilines is 1. The molecule has 1 amide bonds. The zero-order valence-corrected chi connectivity index (χ0v) is 17.3. The van der Waals surface area contributed by atoms with Gasteiger partial charge < -0.3 is 9.64 Å². The Morgan fingerprint density at radius 1 is 1.00 bits per heavy atom. The predicted molar refractivity (Wildman–Crippen MR) is 112 cm³/mol. The fourth-order valence-electron chi connectivity index (χ4n) is 2.82. The molecule has 8 heteroatoms. The number of amides is 1. The second kappa shape index (κ2) is 8.96. The summed E-state index contributed by atoms with van der Waals surface area (Å²) < 4.78 is 46.3. The number of nitrogens with zero attached hydrogens (tertiary/aromatic N) is 1. The SMILES string of the molecule is COc1ccc(S(=O)(=O)Nc2ccc(C(=O)N(C)Cc3ccccc3F)cc2)cc1. The van der Waals surface area contributed by atoms with E-state index in [1.54, 1.807) is 37.4 Å². The van der Waals surface area contributed by atoms with Crippen LogP contribution in [0, 0.1) is 5.82 Å². The molecule has 0 heterocycles. The van der Waals surface area contributed by atoms with Crippen molar-refractivity contribution in [3.63, 3.8) is 0 Å². The lowest BCUT2D eigenvalue weighted by molar-refractivity contribution is 0.0784. The molecule has 0 atom stereocenters. The average Bonchev–Trinajstić information content (AvgIpc) is 2.75. The Morgan fingerprint density at radius 2 is 1.63 bits per heavy atom. The van der Waals surface area contributed by atoms with Crippen molar-refractivity contribution in [3.8, 4) is 5.75 Å². The van der Waals surface area contributed by atoms with Crippen molar-refractivity contribution in [2.75, 3.05) is 18.9 Å². The molecule has 0 fully saturated rings. The van der Waals surface area contributed by atoms with Gasteiger partial charge in [0.1, 0.15) is 11.6 Å². The first-order chi connectivity index (χ1) is 14.3. The number of rotatable bonds is 7. The molecule has 0 saturated heterocycles. The number of benzene rings is 3. The number of nitrogens with one attached hydrogen (secondary N) is 1. The van der Waals surface area contributed by atoms with Gasteiger partial charge in [-0.25, -0.2) is 12.8 Å². The zero-order valence-electron chi connectivity index (χ0n) is 16.5. The third-order valence-corrected chi connectivity index (χ3v) is 5.86. The minimum atomic E-state index is -3.78. The van der Waals surface area contributed by atoms with E-state index >= 15 is 0 Å². The monoisotopic (exact) mass is 428 g/mol. The van der Waals surface area contributed by atoms with Crippen LogP contribution in [0.15, 0.2) is 77.7 Å². The number of hydrogen-bond acceptors (Lipinski definition) is 4. The van der Waals surface area contributed by atoms with Crippen molar-refractivity contribution in [2.24, 2.45) is 0 Å². The molecule has 1 N–H and O–H groups in total. The van der Waals surface area contributed by atoms with Gasteiger partial charge in [-0.2, -0.15) is 0 Å². The van der Waals surface area contributed by atoms with Crippen molar-refractivity contribution in [1.29, 1.82) is 0 Å². The summed E-state index contributed by atoms with van der Waals surface area (Å²) >= 11 is 0. The minimum Gasteiger partial charge on any atom is -0.497 e. The van der Waals surface area contributed by atoms with Crippen molar-refractivity contribution in [3.05, 3.63) is 89.7 Å². The molecule has 0 aliphatic rings. The third kappa shape index (κ3) is 4.96. The van der Waals surface area contributed by atoms with Crippen LogP contribution < -0.4 is 9.46 Å². The molecule has 0 spiro atoms. The van der Waals surface area contributed by atoms with E-state index in [0.29, 0.717) is 22.6 Å². The molecular weight excluding hydrogens is 407 g/mol. The largest absolute Gasteiger partial charge is 0.497 e. The predicted octanol–water partition coefficient (Wildman–Crippen LogP) is 3.91. The first kappa shape index (κ1) is 21.3. The summed E-state index contributed by atoms with van der Waals surface area (Å²) in [6.07, 6.45) is 0. The molecule has 0 aliphatic carbocycles. The quantitative estimate of drug-likeness (QED) is 0.619. The molecule has 0 bridgehead atoms. The van der Waals surface area contributed by atoms with Gasteiger partial charge in [-0.1, -0.05) is 18.2 Å². The van der Waals surface area contributed by atoms with Crippen molar-refractivity contribution in [2.45, 2.75) is 11.4 Å². The number of sulfonamides is 1. The van der Waals surface area contributed by atoms with E-state index in [0.717, 1.165) is 0 Å². The zero-order chi connectivity index (χ0) is 21.7. The highest BCUT2D eigenvalue weighted by Crippen LogP contribution is 2.20. The van der Waals surface area contributed by atoms with E-state index in [2.05, 4.69) is 4.72 Å².